The summed E-state index contributed by atoms with van der Waals surface area (Å²) in [5, 5.41) is 3.95. The van der Waals surface area contributed by atoms with E-state index in [1.807, 2.05) is 6.92 Å². The van der Waals surface area contributed by atoms with Crippen LogP contribution in [-0.4, -0.2) is 11.5 Å². The Labute approximate surface area is 79.4 Å². The van der Waals surface area contributed by atoms with Gasteiger partial charge in [-0.1, -0.05) is 11.3 Å². The quantitative estimate of drug-likeness (QED) is 0.798. The van der Waals surface area contributed by atoms with Gasteiger partial charge < -0.3 is 5.32 Å². The van der Waals surface area contributed by atoms with Crippen LogP contribution in [0, 0.1) is 5.82 Å². The number of halogens is 1. The minimum Gasteiger partial charge on any atom is -0.362 e. The van der Waals surface area contributed by atoms with Gasteiger partial charge in [-0.3, -0.25) is 0 Å². The van der Waals surface area contributed by atoms with E-state index in [2.05, 4.69) is 10.3 Å². The molecule has 1 N–H and O–H groups in total. The summed E-state index contributed by atoms with van der Waals surface area (Å²) >= 11 is 1.47. The fraction of sp³-hybridized carbons (Fsp3) is 0.222. The van der Waals surface area contributed by atoms with E-state index in [-0.39, 0.29) is 5.82 Å². The van der Waals surface area contributed by atoms with E-state index in [0.717, 1.165) is 21.9 Å². The van der Waals surface area contributed by atoms with Crippen molar-refractivity contribution < 1.29 is 4.39 Å². The number of rotatable bonds is 2. The highest BCUT2D eigenvalue weighted by Gasteiger charge is 2.02. The van der Waals surface area contributed by atoms with Crippen molar-refractivity contribution in [3.8, 4) is 0 Å². The first kappa shape index (κ1) is 8.44. The standard InChI is InChI=1S/C9H9FN2S/c1-2-11-9-12-7-4-3-6(10)5-8(7)13-9/h3-5H,2H2,1H3,(H,11,12). The summed E-state index contributed by atoms with van der Waals surface area (Å²) < 4.78 is 13.7. The lowest BCUT2D eigenvalue weighted by Crippen LogP contribution is -1.94. The number of fused-ring (bicyclic) bond motifs is 1. The van der Waals surface area contributed by atoms with Gasteiger partial charge in [0.05, 0.1) is 10.2 Å². The summed E-state index contributed by atoms with van der Waals surface area (Å²) in [4.78, 5) is 4.28. The Morgan fingerprint density at radius 1 is 1.54 bits per heavy atom. The largest absolute Gasteiger partial charge is 0.362 e. The molecule has 0 atom stereocenters. The summed E-state index contributed by atoms with van der Waals surface area (Å²) in [5.41, 5.74) is 0.849. The Morgan fingerprint density at radius 3 is 3.15 bits per heavy atom. The summed E-state index contributed by atoms with van der Waals surface area (Å²) in [7, 11) is 0. The zero-order valence-electron chi connectivity index (χ0n) is 7.17. The summed E-state index contributed by atoms with van der Waals surface area (Å²) in [6, 6.07) is 4.63. The van der Waals surface area contributed by atoms with Crippen molar-refractivity contribution in [1.82, 2.24) is 4.98 Å². The predicted octanol–water partition coefficient (Wildman–Crippen LogP) is 2.87. The molecule has 4 heteroatoms. The highest BCUT2D eigenvalue weighted by atomic mass is 32.1. The first-order valence-corrected chi connectivity index (χ1v) is 4.91. The number of nitrogens with zero attached hydrogens (tertiary/aromatic N) is 1. The van der Waals surface area contributed by atoms with E-state index in [0.29, 0.717) is 0 Å². The number of anilines is 1. The van der Waals surface area contributed by atoms with Crippen LogP contribution in [0.15, 0.2) is 18.2 Å². The van der Waals surface area contributed by atoms with Gasteiger partial charge in [0.15, 0.2) is 5.13 Å². The molecule has 0 amide bonds. The smallest absolute Gasteiger partial charge is 0.183 e. The SMILES string of the molecule is CCNc1nc2ccc(F)cc2s1. The predicted molar refractivity (Wildman–Crippen MR) is 53.7 cm³/mol. The molecule has 1 aromatic heterocycles. The lowest BCUT2D eigenvalue weighted by Gasteiger charge is -1.91. The fourth-order valence-corrected chi connectivity index (χ4v) is 2.08. The van der Waals surface area contributed by atoms with Crippen LogP contribution in [0.1, 0.15) is 6.92 Å². The molecular weight excluding hydrogens is 187 g/mol. The van der Waals surface area contributed by atoms with E-state index in [1.54, 1.807) is 6.07 Å². The van der Waals surface area contributed by atoms with Crippen molar-refractivity contribution in [3.63, 3.8) is 0 Å². The van der Waals surface area contributed by atoms with E-state index < -0.39 is 0 Å². The van der Waals surface area contributed by atoms with Crippen molar-refractivity contribution in [2.24, 2.45) is 0 Å². The number of nitrogens with one attached hydrogen (secondary N) is 1. The van der Waals surface area contributed by atoms with Crippen LogP contribution >= 0.6 is 11.3 Å². The number of benzene rings is 1. The molecule has 0 aliphatic carbocycles. The second kappa shape index (κ2) is 3.30. The van der Waals surface area contributed by atoms with Gasteiger partial charge in [0.2, 0.25) is 0 Å². The minimum absolute atomic E-state index is 0.209. The van der Waals surface area contributed by atoms with Crippen molar-refractivity contribution in [1.29, 1.82) is 0 Å². The Morgan fingerprint density at radius 2 is 2.38 bits per heavy atom. The second-order valence-corrected chi connectivity index (χ2v) is 3.69. The molecule has 0 saturated carbocycles. The number of hydrogen-bond donors (Lipinski definition) is 1. The van der Waals surface area contributed by atoms with Gasteiger partial charge in [-0.15, -0.1) is 0 Å². The summed E-state index contributed by atoms with van der Waals surface area (Å²) in [6.45, 7) is 2.84. The molecule has 0 aliphatic rings. The lowest BCUT2D eigenvalue weighted by atomic mass is 10.3. The van der Waals surface area contributed by atoms with Crippen LogP contribution in [0.2, 0.25) is 0 Å². The van der Waals surface area contributed by atoms with Crippen LogP contribution in [0.3, 0.4) is 0 Å². The van der Waals surface area contributed by atoms with E-state index in [9.17, 15) is 4.39 Å². The molecule has 0 radical (unpaired) electrons. The molecule has 13 heavy (non-hydrogen) atoms. The molecule has 68 valence electrons. The maximum Gasteiger partial charge on any atom is 0.183 e. The van der Waals surface area contributed by atoms with E-state index >= 15 is 0 Å². The van der Waals surface area contributed by atoms with Gasteiger partial charge >= 0.3 is 0 Å². The van der Waals surface area contributed by atoms with E-state index in [1.165, 1.54) is 23.5 Å². The molecule has 0 fully saturated rings. The zero-order valence-corrected chi connectivity index (χ0v) is 7.99. The molecule has 2 aromatic rings. The van der Waals surface area contributed by atoms with Crippen LogP contribution in [0.25, 0.3) is 10.2 Å². The molecule has 1 heterocycles. The van der Waals surface area contributed by atoms with Gasteiger partial charge in [0.1, 0.15) is 5.82 Å². The lowest BCUT2D eigenvalue weighted by molar-refractivity contribution is 0.630. The van der Waals surface area contributed by atoms with Crippen LogP contribution in [0.5, 0.6) is 0 Å². The normalized spacial score (nSPS) is 10.6. The number of thiazole rings is 1. The average molecular weight is 196 g/mol. The first-order chi connectivity index (χ1) is 6.29. The van der Waals surface area contributed by atoms with Crippen LogP contribution < -0.4 is 5.32 Å². The fourth-order valence-electron chi connectivity index (χ4n) is 1.13. The third kappa shape index (κ3) is 1.62. The molecule has 0 saturated heterocycles. The topological polar surface area (TPSA) is 24.9 Å². The highest BCUT2D eigenvalue weighted by Crippen LogP contribution is 2.25. The monoisotopic (exact) mass is 196 g/mol. The molecule has 0 aliphatic heterocycles. The molecule has 0 spiro atoms. The molecule has 1 aromatic carbocycles. The van der Waals surface area contributed by atoms with Crippen LogP contribution in [0.4, 0.5) is 9.52 Å². The third-order valence-electron chi connectivity index (χ3n) is 1.68. The number of aromatic nitrogens is 1. The Balaban J connectivity index is 2.49. The Hall–Kier alpha value is -1.16. The van der Waals surface area contributed by atoms with Gasteiger partial charge in [-0.2, -0.15) is 0 Å². The molecule has 0 unspecified atom stereocenters. The molecular formula is C9H9FN2S. The van der Waals surface area contributed by atoms with Crippen LogP contribution in [-0.2, 0) is 0 Å². The van der Waals surface area contributed by atoms with Gasteiger partial charge in [-0.05, 0) is 25.1 Å². The first-order valence-electron chi connectivity index (χ1n) is 4.09. The van der Waals surface area contributed by atoms with Crippen molar-refractivity contribution in [3.05, 3.63) is 24.0 Å². The Bertz CT molecular complexity index is 424. The zero-order chi connectivity index (χ0) is 9.26. The van der Waals surface area contributed by atoms with Gasteiger partial charge in [0, 0.05) is 6.54 Å². The van der Waals surface area contributed by atoms with Crippen molar-refractivity contribution >= 4 is 26.7 Å². The molecule has 2 rings (SSSR count). The third-order valence-corrected chi connectivity index (χ3v) is 2.65. The second-order valence-electron chi connectivity index (χ2n) is 2.66. The highest BCUT2D eigenvalue weighted by molar-refractivity contribution is 7.22. The number of hydrogen-bond acceptors (Lipinski definition) is 3. The maximum absolute atomic E-state index is 12.8. The minimum atomic E-state index is -0.209. The van der Waals surface area contributed by atoms with E-state index in [4.69, 9.17) is 0 Å². The maximum atomic E-state index is 12.8. The summed E-state index contributed by atoms with van der Waals surface area (Å²) in [5.74, 6) is -0.209. The van der Waals surface area contributed by atoms with Crippen molar-refractivity contribution in [2.75, 3.05) is 11.9 Å². The average Bonchev–Trinajstić information content (AvgIpc) is 2.46. The molecule has 0 bridgehead atoms. The molecule has 2 nitrogen and oxygen atoms in total. The van der Waals surface area contributed by atoms with Gasteiger partial charge in [0.25, 0.3) is 0 Å². The van der Waals surface area contributed by atoms with Crippen molar-refractivity contribution in [2.45, 2.75) is 6.92 Å². The Kier molecular flexibility index (Phi) is 2.14. The van der Waals surface area contributed by atoms with Gasteiger partial charge in [-0.25, -0.2) is 9.37 Å². The summed E-state index contributed by atoms with van der Waals surface area (Å²) in [6.07, 6.45) is 0.